The van der Waals surface area contributed by atoms with E-state index in [9.17, 15) is 9.59 Å². The normalized spacial score (nSPS) is 10.7. The summed E-state index contributed by atoms with van der Waals surface area (Å²) in [4.78, 5) is 29.6. The Balaban J connectivity index is 1.78. The van der Waals surface area contributed by atoms with Gasteiger partial charge in [-0.15, -0.1) is 0 Å². The first-order valence-electron chi connectivity index (χ1n) is 9.30. The van der Waals surface area contributed by atoms with Crippen molar-refractivity contribution in [3.63, 3.8) is 0 Å². The molecule has 0 bridgehead atoms. The SMILES string of the molecule is COCCCNC(=O)c1nc(C(=O)NCc2ccccc2OC)c2ccccn12. The number of rotatable bonds is 9. The van der Waals surface area contributed by atoms with E-state index in [2.05, 4.69) is 15.6 Å². The van der Waals surface area contributed by atoms with Crippen LogP contribution >= 0.6 is 0 Å². The van der Waals surface area contributed by atoms with Crippen molar-refractivity contribution in [3.05, 3.63) is 65.7 Å². The van der Waals surface area contributed by atoms with E-state index in [-0.39, 0.29) is 29.9 Å². The summed E-state index contributed by atoms with van der Waals surface area (Å²) in [6.07, 6.45) is 2.40. The molecule has 2 heterocycles. The zero-order valence-corrected chi connectivity index (χ0v) is 16.5. The van der Waals surface area contributed by atoms with Gasteiger partial charge in [-0.1, -0.05) is 24.3 Å². The van der Waals surface area contributed by atoms with E-state index in [1.54, 1.807) is 43.0 Å². The third-order valence-electron chi connectivity index (χ3n) is 4.41. The molecule has 2 N–H and O–H groups in total. The molecule has 0 unspecified atom stereocenters. The number of imidazole rings is 1. The Morgan fingerprint density at radius 3 is 2.62 bits per heavy atom. The highest BCUT2D eigenvalue weighted by molar-refractivity contribution is 6.02. The van der Waals surface area contributed by atoms with Gasteiger partial charge in [-0.3, -0.25) is 14.0 Å². The topological polar surface area (TPSA) is 94.0 Å². The first-order chi connectivity index (χ1) is 14.2. The molecule has 8 nitrogen and oxygen atoms in total. The number of carbonyl (C=O) groups excluding carboxylic acids is 2. The van der Waals surface area contributed by atoms with Crippen LogP contribution in [0.15, 0.2) is 48.7 Å². The number of hydrogen-bond donors (Lipinski definition) is 2. The summed E-state index contributed by atoms with van der Waals surface area (Å²) in [5, 5.41) is 5.65. The van der Waals surface area contributed by atoms with Gasteiger partial charge in [0.2, 0.25) is 5.82 Å². The van der Waals surface area contributed by atoms with Crippen molar-refractivity contribution in [2.75, 3.05) is 27.4 Å². The molecular formula is C21H24N4O4. The molecule has 1 aromatic carbocycles. The lowest BCUT2D eigenvalue weighted by Crippen LogP contribution is -2.27. The van der Waals surface area contributed by atoms with Gasteiger partial charge in [0.05, 0.1) is 12.6 Å². The number of ether oxygens (including phenoxy) is 2. The second-order valence-corrected chi connectivity index (χ2v) is 6.34. The van der Waals surface area contributed by atoms with Crippen molar-refractivity contribution in [3.8, 4) is 5.75 Å². The lowest BCUT2D eigenvalue weighted by Gasteiger charge is -2.08. The fraction of sp³-hybridized carbons (Fsp3) is 0.286. The number of amides is 2. The molecule has 0 saturated carbocycles. The average Bonchev–Trinajstić information content (AvgIpc) is 3.15. The molecule has 152 valence electrons. The Morgan fingerprint density at radius 1 is 1.03 bits per heavy atom. The van der Waals surface area contributed by atoms with Crippen LogP contribution in [-0.4, -0.2) is 48.6 Å². The van der Waals surface area contributed by atoms with Gasteiger partial charge < -0.3 is 20.1 Å². The van der Waals surface area contributed by atoms with Crippen molar-refractivity contribution in [1.82, 2.24) is 20.0 Å². The summed E-state index contributed by atoms with van der Waals surface area (Å²) < 4.78 is 11.9. The largest absolute Gasteiger partial charge is 0.496 e. The molecule has 8 heteroatoms. The van der Waals surface area contributed by atoms with E-state index >= 15 is 0 Å². The maximum atomic E-state index is 12.8. The van der Waals surface area contributed by atoms with Gasteiger partial charge in [0.15, 0.2) is 5.69 Å². The van der Waals surface area contributed by atoms with Crippen LogP contribution in [0.4, 0.5) is 0 Å². The second kappa shape index (κ2) is 9.70. The number of hydrogen-bond acceptors (Lipinski definition) is 5. The molecule has 0 spiro atoms. The average molecular weight is 396 g/mol. The highest BCUT2D eigenvalue weighted by Gasteiger charge is 2.21. The molecule has 0 aliphatic carbocycles. The number of pyridine rings is 1. The molecule has 2 amide bonds. The summed E-state index contributed by atoms with van der Waals surface area (Å²) >= 11 is 0. The van der Waals surface area contributed by atoms with Crippen molar-refractivity contribution in [2.45, 2.75) is 13.0 Å². The molecule has 2 aromatic heterocycles. The van der Waals surface area contributed by atoms with E-state index in [4.69, 9.17) is 9.47 Å². The third-order valence-corrected chi connectivity index (χ3v) is 4.41. The Morgan fingerprint density at radius 2 is 1.83 bits per heavy atom. The molecule has 0 radical (unpaired) electrons. The maximum absolute atomic E-state index is 12.8. The number of nitrogens with one attached hydrogen (secondary N) is 2. The van der Waals surface area contributed by atoms with Gasteiger partial charge >= 0.3 is 0 Å². The third kappa shape index (κ3) is 4.72. The molecule has 29 heavy (non-hydrogen) atoms. The van der Waals surface area contributed by atoms with Gasteiger partial charge in [0, 0.05) is 38.6 Å². The van der Waals surface area contributed by atoms with Gasteiger partial charge in [0.25, 0.3) is 11.8 Å². The van der Waals surface area contributed by atoms with Crippen molar-refractivity contribution >= 4 is 17.3 Å². The van der Waals surface area contributed by atoms with E-state index in [0.717, 1.165) is 5.56 Å². The van der Waals surface area contributed by atoms with Crippen LogP contribution in [0.2, 0.25) is 0 Å². The Hall–Kier alpha value is -3.39. The van der Waals surface area contributed by atoms with Gasteiger partial charge in [-0.25, -0.2) is 4.98 Å². The molecule has 0 atom stereocenters. The molecule has 0 aliphatic rings. The first-order valence-corrected chi connectivity index (χ1v) is 9.30. The van der Waals surface area contributed by atoms with Gasteiger partial charge in [0.1, 0.15) is 5.75 Å². The smallest absolute Gasteiger partial charge is 0.287 e. The number of methoxy groups -OCH3 is 2. The minimum Gasteiger partial charge on any atom is -0.496 e. The van der Waals surface area contributed by atoms with E-state index in [1.165, 1.54) is 0 Å². The molecule has 0 aliphatic heterocycles. The zero-order chi connectivity index (χ0) is 20.6. The van der Waals surface area contributed by atoms with Crippen LogP contribution in [0.25, 0.3) is 5.52 Å². The standard InChI is InChI=1S/C21H24N4O4/c1-28-13-7-11-22-21(27)19-24-18(16-9-5-6-12-25(16)19)20(26)23-14-15-8-3-4-10-17(15)29-2/h3-6,8-10,12H,7,11,13-14H2,1-2H3,(H,22,27)(H,23,26). The maximum Gasteiger partial charge on any atom is 0.287 e. The fourth-order valence-corrected chi connectivity index (χ4v) is 2.97. The van der Waals surface area contributed by atoms with Gasteiger partial charge in [-0.2, -0.15) is 0 Å². The minimum atomic E-state index is -0.363. The van der Waals surface area contributed by atoms with E-state index in [1.807, 2.05) is 24.3 Å². The Kier molecular flexibility index (Phi) is 6.80. The highest BCUT2D eigenvalue weighted by Crippen LogP contribution is 2.18. The van der Waals surface area contributed by atoms with Crippen molar-refractivity contribution in [2.24, 2.45) is 0 Å². The first kappa shape index (κ1) is 20.3. The Labute approximate surface area is 168 Å². The molecule has 3 aromatic rings. The van der Waals surface area contributed by atoms with Crippen LogP contribution in [0.5, 0.6) is 5.75 Å². The summed E-state index contributed by atoms with van der Waals surface area (Å²) in [5.74, 6) is 0.156. The minimum absolute atomic E-state index is 0.167. The molecular weight excluding hydrogens is 372 g/mol. The number of para-hydroxylation sites is 1. The number of aromatic nitrogens is 2. The number of benzene rings is 1. The van der Waals surface area contributed by atoms with Crippen LogP contribution in [-0.2, 0) is 11.3 Å². The number of fused-ring (bicyclic) bond motifs is 1. The summed E-state index contributed by atoms with van der Waals surface area (Å²) in [5.41, 5.74) is 1.61. The van der Waals surface area contributed by atoms with Crippen molar-refractivity contribution < 1.29 is 19.1 Å². The Bertz CT molecular complexity index is 999. The van der Waals surface area contributed by atoms with E-state index in [0.29, 0.717) is 30.8 Å². The quantitative estimate of drug-likeness (QED) is 0.540. The van der Waals surface area contributed by atoms with Crippen LogP contribution < -0.4 is 15.4 Å². The second-order valence-electron chi connectivity index (χ2n) is 6.34. The van der Waals surface area contributed by atoms with Crippen molar-refractivity contribution in [1.29, 1.82) is 0 Å². The lowest BCUT2D eigenvalue weighted by molar-refractivity contribution is 0.0937. The lowest BCUT2D eigenvalue weighted by atomic mass is 10.2. The fourth-order valence-electron chi connectivity index (χ4n) is 2.97. The highest BCUT2D eigenvalue weighted by atomic mass is 16.5. The summed E-state index contributed by atoms with van der Waals surface area (Å²) in [6, 6.07) is 12.8. The van der Waals surface area contributed by atoms with Gasteiger partial charge in [-0.05, 0) is 24.6 Å². The van der Waals surface area contributed by atoms with E-state index < -0.39 is 0 Å². The molecule has 0 fully saturated rings. The van der Waals surface area contributed by atoms with Crippen LogP contribution in [0, 0.1) is 0 Å². The number of carbonyl (C=O) groups is 2. The van der Waals surface area contributed by atoms with Crippen LogP contribution in [0.3, 0.4) is 0 Å². The zero-order valence-electron chi connectivity index (χ0n) is 16.5. The molecule has 3 rings (SSSR count). The predicted octanol–water partition coefficient (Wildman–Crippen LogP) is 2.04. The molecule has 0 saturated heterocycles. The summed E-state index contributed by atoms with van der Waals surface area (Å²) in [6.45, 7) is 1.30. The number of nitrogens with zero attached hydrogens (tertiary/aromatic N) is 2. The predicted molar refractivity (Wildman–Crippen MR) is 108 cm³/mol. The summed E-state index contributed by atoms with van der Waals surface area (Å²) in [7, 11) is 3.20. The monoisotopic (exact) mass is 396 g/mol. The van der Waals surface area contributed by atoms with Crippen LogP contribution in [0.1, 0.15) is 33.1 Å².